The number of nitrogens with one attached hydrogen (secondary N) is 1. The Balaban J connectivity index is 1.39. The van der Waals surface area contributed by atoms with Crippen molar-refractivity contribution in [2.75, 3.05) is 18.0 Å². The summed E-state index contributed by atoms with van der Waals surface area (Å²) in [6, 6.07) is 11.1. The number of pyridine rings is 1. The number of amides is 1. The quantitative estimate of drug-likeness (QED) is 0.746. The maximum Gasteiger partial charge on any atom is 0.242 e. The van der Waals surface area contributed by atoms with Crippen LogP contribution in [0, 0.1) is 0 Å². The minimum atomic E-state index is -0.167. The molecule has 1 aromatic carbocycles. The van der Waals surface area contributed by atoms with Crippen LogP contribution in [-0.2, 0) is 17.9 Å². The van der Waals surface area contributed by atoms with Crippen LogP contribution in [0.1, 0.15) is 18.4 Å². The molecule has 1 aliphatic heterocycles. The van der Waals surface area contributed by atoms with Gasteiger partial charge in [-0.05, 0) is 36.6 Å². The Morgan fingerprint density at radius 2 is 1.89 bits per heavy atom. The van der Waals surface area contributed by atoms with E-state index in [1.807, 2.05) is 18.2 Å². The molecule has 27 heavy (non-hydrogen) atoms. The number of fused-ring (bicyclic) bond motifs is 1. The molecule has 3 aromatic rings. The average molecular weight is 363 g/mol. The number of hydrogen-bond donors (Lipinski definition) is 1. The Kier molecular flexibility index (Phi) is 4.82. The number of anilines is 1. The molecule has 0 saturated carbocycles. The second-order valence-electron chi connectivity index (χ2n) is 6.68. The first kappa shape index (κ1) is 17.2. The van der Waals surface area contributed by atoms with Crippen LogP contribution in [0.15, 0.2) is 53.6 Å². The fourth-order valence-corrected chi connectivity index (χ4v) is 3.33. The summed E-state index contributed by atoms with van der Waals surface area (Å²) < 4.78 is 1.54. The van der Waals surface area contributed by atoms with Gasteiger partial charge in [0.1, 0.15) is 12.4 Å². The van der Waals surface area contributed by atoms with Gasteiger partial charge in [0.25, 0.3) is 0 Å². The van der Waals surface area contributed by atoms with Gasteiger partial charge >= 0.3 is 0 Å². The Bertz CT molecular complexity index is 1010. The van der Waals surface area contributed by atoms with Crippen molar-refractivity contribution in [2.45, 2.75) is 25.9 Å². The highest BCUT2D eigenvalue weighted by Gasteiger charge is 2.13. The lowest BCUT2D eigenvalue weighted by molar-refractivity contribution is -0.121. The van der Waals surface area contributed by atoms with Crippen LogP contribution in [0.3, 0.4) is 0 Å². The van der Waals surface area contributed by atoms with Gasteiger partial charge in [-0.25, -0.2) is 4.98 Å². The highest BCUT2D eigenvalue weighted by molar-refractivity contribution is 5.81. The van der Waals surface area contributed by atoms with E-state index in [1.54, 1.807) is 29.1 Å². The van der Waals surface area contributed by atoms with E-state index >= 15 is 0 Å². The molecule has 1 N–H and O–H groups in total. The summed E-state index contributed by atoms with van der Waals surface area (Å²) >= 11 is 0. The number of para-hydroxylation sites is 1. The van der Waals surface area contributed by atoms with Crippen molar-refractivity contribution >= 4 is 22.6 Å². The summed E-state index contributed by atoms with van der Waals surface area (Å²) in [5.41, 5.74) is 1.45. The molecule has 0 spiro atoms. The van der Waals surface area contributed by atoms with Crippen molar-refractivity contribution in [3.05, 3.63) is 64.6 Å². The fourth-order valence-electron chi connectivity index (χ4n) is 3.33. The highest BCUT2D eigenvalue weighted by atomic mass is 16.2. The largest absolute Gasteiger partial charge is 0.357 e. The number of nitrogens with zero attached hydrogens (tertiary/aromatic N) is 4. The van der Waals surface area contributed by atoms with Gasteiger partial charge in [-0.1, -0.05) is 18.2 Å². The Hall–Kier alpha value is -3.22. The lowest BCUT2D eigenvalue weighted by atomic mass is 10.2. The predicted octanol–water partition coefficient (Wildman–Crippen LogP) is 1.71. The molecule has 0 aliphatic carbocycles. The van der Waals surface area contributed by atoms with Crippen LogP contribution in [0.5, 0.6) is 0 Å². The zero-order valence-electron chi connectivity index (χ0n) is 15.0. The van der Waals surface area contributed by atoms with Gasteiger partial charge in [-0.15, -0.1) is 0 Å². The van der Waals surface area contributed by atoms with Gasteiger partial charge < -0.3 is 10.2 Å². The second-order valence-corrected chi connectivity index (χ2v) is 6.68. The third kappa shape index (κ3) is 3.81. The van der Waals surface area contributed by atoms with E-state index in [-0.39, 0.29) is 17.9 Å². The molecule has 3 heterocycles. The minimum absolute atomic E-state index is 0.0556. The summed E-state index contributed by atoms with van der Waals surface area (Å²) in [6.07, 6.45) is 5.48. The number of benzene rings is 1. The van der Waals surface area contributed by atoms with E-state index in [2.05, 4.69) is 20.3 Å². The molecule has 1 saturated heterocycles. The van der Waals surface area contributed by atoms with E-state index in [9.17, 15) is 9.59 Å². The van der Waals surface area contributed by atoms with Crippen molar-refractivity contribution in [3.8, 4) is 0 Å². The molecule has 4 rings (SSSR count). The SMILES string of the molecule is O=C(Cn1ncc(=O)c2ccccc21)NCc1ccc(N2CCCC2)nc1. The van der Waals surface area contributed by atoms with Crippen molar-refractivity contribution in [2.24, 2.45) is 0 Å². The van der Waals surface area contributed by atoms with Gasteiger partial charge in [-0.3, -0.25) is 14.3 Å². The van der Waals surface area contributed by atoms with E-state index in [1.165, 1.54) is 19.0 Å². The standard InChI is InChI=1S/C20H21N5O2/c26-18-13-23-25(17-6-2-1-5-16(17)18)14-20(27)22-12-15-7-8-19(21-11-15)24-9-3-4-10-24/h1-2,5-8,11,13H,3-4,9-10,12,14H2,(H,22,27). The van der Waals surface area contributed by atoms with Gasteiger partial charge in [-0.2, -0.15) is 5.10 Å². The molecule has 1 amide bonds. The molecule has 7 nitrogen and oxygen atoms in total. The number of carbonyl (C=O) groups excluding carboxylic acids is 1. The zero-order chi connectivity index (χ0) is 18.6. The van der Waals surface area contributed by atoms with Crippen molar-refractivity contribution in [1.29, 1.82) is 0 Å². The third-order valence-corrected chi connectivity index (χ3v) is 4.78. The topological polar surface area (TPSA) is 80.1 Å². The smallest absolute Gasteiger partial charge is 0.242 e. The number of aromatic nitrogens is 3. The first-order valence-corrected chi connectivity index (χ1v) is 9.12. The zero-order valence-corrected chi connectivity index (χ0v) is 15.0. The molecule has 7 heteroatoms. The van der Waals surface area contributed by atoms with Gasteiger partial charge in [0.15, 0.2) is 0 Å². The van der Waals surface area contributed by atoms with Gasteiger partial charge in [0.2, 0.25) is 11.3 Å². The summed E-state index contributed by atoms with van der Waals surface area (Å²) in [4.78, 5) is 30.9. The Morgan fingerprint density at radius 1 is 1.07 bits per heavy atom. The van der Waals surface area contributed by atoms with E-state index in [0.29, 0.717) is 17.4 Å². The van der Waals surface area contributed by atoms with Crippen LogP contribution in [0.25, 0.3) is 10.9 Å². The number of hydrogen-bond acceptors (Lipinski definition) is 5. The van der Waals surface area contributed by atoms with Crippen molar-refractivity contribution in [1.82, 2.24) is 20.1 Å². The van der Waals surface area contributed by atoms with Crippen LogP contribution in [-0.4, -0.2) is 33.8 Å². The van der Waals surface area contributed by atoms with Crippen LogP contribution in [0.2, 0.25) is 0 Å². The van der Waals surface area contributed by atoms with E-state index < -0.39 is 0 Å². The molecule has 138 valence electrons. The van der Waals surface area contributed by atoms with E-state index in [0.717, 1.165) is 24.5 Å². The van der Waals surface area contributed by atoms with Crippen LogP contribution in [0.4, 0.5) is 5.82 Å². The van der Waals surface area contributed by atoms with Gasteiger partial charge in [0, 0.05) is 31.2 Å². The predicted molar refractivity (Wildman–Crippen MR) is 104 cm³/mol. The molecule has 2 aromatic heterocycles. The monoisotopic (exact) mass is 363 g/mol. The maximum absolute atomic E-state index is 12.3. The first-order valence-electron chi connectivity index (χ1n) is 9.12. The number of carbonyl (C=O) groups is 1. The summed E-state index contributed by atoms with van der Waals surface area (Å²) in [6.45, 7) is 2.58. The summed E-state index contributed by atoms with van der Waals surface area (Å²) in [5, 5.41) is 7.52. The molecule has 0 bridgehead atoms. The summed E-state index contributed by atoms with van der Waals surface area (Å²) in [7, 11) is 0. The Morgan fingerprint density at radius 3 is 2.67 bits per heavy atom. The second kappa shape index (κ2) is 7.57. The van der Waals surface area contributed by atoms with Crippen LogP contribution >= 0.6 is 0 Å². The van der Waals surface area contributed by atoms with Gasteiger partial charge in [0.05, 0.1) is 11.7 Å². The summed E-state index contributed by atoms with van der Waals surface area (Å²) in [5.74, 6) is 0.825. The minimum Gasteiger partial charge on any atom is -0.357 e. The molecule has 0 unspecified atom stereocenters. The molecule has 1 fully saturated rings. The fraction of sp³-hybridized carbons (Fsp3) is 0.300. The molecular weight excluding hydrogens is 342 g/mol. The lowest BCUT2D eigenvalue weighted by Crippen LogP contribution is -2.29. The highest BCUT2D eigenvalue weighted by Crippen LogP contribution is 2.17. The first-order chi connectivity index (χ1) is 13.2. The number of rotatable bonds is 5. The molecule has 0 radical (unpaired) electrons. The van der Waals surface area contributed by atoms with Crippen molar-refractivity contribution in [3.63, 3.8) is 0 Å². The Labute approximate surface area is 156 Å². The molecular formula is C20H21N5O2. The average Bonchev–Trinajstić information content (AvgIpc) is 3.24. The maximum atomic E-state index is 12.3. The lowest BCUT2D eigenvalue weighted by Gasteiger charge is -2.16. The van der Waals surface area contributed by atoms with Crippen LogP contribution < -0.4 is 15.6 Å². The molecule has 1 aliphatic rings. The third-order valence-electron chi connectivity index (χ3n) is 4.78. The van der Waals surface area contributed by atoms with Crippen molar-refractivity contribution < 1.29 is 4.79 Å². The molecule has 0 atom stereocenters. The normalized spacial score (nSPS) is 13.9. The van der Waals surface area contributed by atoms with E-state index in [4.69, 9.17) is 0 Å².